The summed E-state index contributed by atoms with van der Waals surface area (Å²) in [6, 6.07) is 8.22. The zero-order valence-electron chi connectivity index (χ0n) is 20.7. The van der Waals surface area contributed by atoms with Crippen molar-refractivity contribution in [2.75, 3.05) is 24.2 Å². The van der Waals surface area contributed by atoms with Crippen LogP contribution in [0.5, 0.6) is 5.75 Å². The molecule has 0 heterocycles. The summed E-state index contributed by atoms with van der Waals surface area (Å²) in [5.41, 5.74) is 0.611. The number of methoxy groups -OCH3 is 1. The largest absolute Gasteiger partial charge is 0.495 e. The minimum Gasteiger partial charge on any atom is -0.495 e. The van der Waals surface area contributed by atoms with Crippen LogP contribution in [0.3, 0.4) is 0 Å². The third-order valence-corrected chi connectivity index (χ3v) is 7.81. The van der Waals surface area contributed by atoms with Crippen LogP contribution in [-0.4, -0.2) is 57.1 Å². The maximum Gasteiger partial charge on any atom is 0.244 e. The number of nitrogens with zero attached hydrogens (tertiary/aromatic N) is 2. The number of anilines is 1. The predicted molar refractivity (Wildman–Crippen MR) is 145 cm³/mol. The third kappa shape index (κ3) is 7.65. The summed E-state index contributed by atoms with van der Waals surface area (Å²) in [7, 11) is -2.47. The summed E-state index contributed by atoms with van der Waals surface area (Å²) < 4.78 is 31.4. The molecule has 0 aliphatic rings. The van der Waals surface area contributed by atoms with E-state index in [1.807, 2.05) is 13.8 Å². The molecule has 1 N–H and O–H groups in total. The molecule has 0 aromatic heterocycles. The second-order valence-electron chi connectivity index (χ2n) is 8.30. The first-order chi connectivity index (χ1) is 16.8. The van der Waals surface area contributed by atoms with Gasteiger partial charge in [0.2, 0.25) is 21.8 Å². The smallest absolute Gasteiger partial charge is 0.244 e. The lowest BCUT2D eigenvalue weighted by atomic mass is 10.1. The van der Waals surface area contributed by atoms with E-state index in [2.05, 4.69) is 5.32 Å². The van der Waals surface area contributed by atoms with Crippen LogP contribution in [0.15, 0.2) is 36.4 Å². The van der Waals surface area contributed by atoms with Gasteiger partial charge in [0.25, 0.3) is 0 Å². The molecule has 0 radical (unpaired) electrons. The minimum atomic E-state index is -3.91. The van der Waals surface area contributed by atoms with Crippen LogP contribution < -0.4 is 14.4 Å². The van der Waals surface area contributed by atoms with E-state index in [9.17, 15) is 18.0 Å². The van der Waals surface area contributed by atoms with Crippen LogP contribution in [0.1, 0.15) is 32.8 Å². The number of rotatable bonds is 11. The molecule has 2 aromatic carbocycles. The van der Waals surface area contributed by atoms with Crippen molar-refractivity contribution in [3.05, 3.63) is 57.0 Å². The highest BCUT2D eigenvalue weighted by Gasteiger charge is 2.31. The van der Waals surface area contributed by atoms with Gasteiger partial charge < -0.3 is 15.0 Å². The molecule has 198 valence electrons. The predicted octanol–water partition coefficient (Wildman–Crippen LogP) is 4.75. The van der Waals surface area contributed by atoms with Gasteiger partial charge in [-0.1, -0.05) is 47.8 Å². The Labute approximate surface area is 227 Å². The first-order valence-electron chi connectivity index (χ1n) is 11.1. The highest BCUT2D eigenvalue weighted by atomic mass is 35.5. The van der Waals surface area contributed by atoms with Crippen molar-refractivity contribution >= 4 is 62.3 Å². The molecule has 0 spiro atoms. The van der Waals surface area contributed by atoms with Crippen molar-refractivity contribution in [3.63, 3.8) is 0 Å². The molecule has 0 fully saturated rings. The van der Waals surface area contributed by atoms with Crippen molar-refractivity contribution in [2.45, 2.75) is 45.8 Å². The van der Waals surface area contributed by atoms with E-state index >= 15 is 0 Å². The molecular weight excluding hydrogens is 549 g/mol. The number of hydrogen-bond donors (Lipinski definition) is 1. The number of ether oxygens (including phenoxy) is 1. The topological polar surface area (TPSA) is 96.0 Å². The highest BCUT2D eigenvalue weighted by molar-refractivity contribution is 7.92. The number of hydrogen-bond acceptors (Lipinski definition) is 5. The Morgan fingerprint density at radius 3 is 2.17 bits per heavy atom. The molecule has 2 atom stereocenters. The average Bonchev–Trinajstić information content (AvgIpc) is 2.80. The molecule has 0 aliphatic carbocycles. The standard InChI is InChI=1S/C24H30Cl3N3O5S/c1-6-15(2)28-24(32)16(3)29(13-18-19(25)8-7-9-20(18)26)23(31)14-30(36(5,33)34)17-10-11-22(35-4)21(27)12-17/h7-12,15-16H,6,13-14H2,1-5H3,(H,28,32)/t15-,16+/m1/s1. The molecule has 0 unspecified atom stereocenters. The van der Waals surface area contributed by atoms with Crippen molar-refractivity contribution in [2.24, 2.45) is 0 Å². The van der Waals surface area contributed by atoms with Gasteiger partial charge in [-0.2, -0.15) is 0 Å². The fourth-order valence-corrected chi connectivity index (χ4v) is 4.94. The lowest BCUT2D eigenvalue weighted by molar-refractivity contribution is -0.139. The van der Waals surface area contributed by atoms with E-state index in [-0.39, 0.29) is 29.2 Å². The van der Waals surface area contributed by atoms with E-state index < -0.39 is 28.5 Å². The fraction of sp³-hybridized carbons (Fsp3) is 0.417. The Morgan fingerprint density at radius 2 is 1.67 bits per heavy atom. The van der Waals surface area contributed by atoms with Crippen molar-refractivity contribution in [3.8, 4) is 5.75 Å². The lowest BCUT2D eigenvalue weighted by Gasteiger charge is -2.32. The quantitative estimate of drug-likeness (QED) is 0.415. The number of nitrogens with one attached hydrogen (secondary N) is 1. The van der Waals surface area contributed by atoms with Crippen LogP contribution in [-0.2, 0) is 26.2 Å². The summed E-state index contributed by atoms with van der Waals surface area (Å²) in [6.07, 6.45) is 1.68. The van der Waals surface area contributed by atoms with Gasteiger partial charge in [0.1, 0.15) is 18.3 Å². The zero-order valence-corrected chi connectivity index (χ0v) is 23.8. The molecule has 2 amide bonds. The number of carbonyl (C=O) groups is 2. The third-order valence-electron chi connectivity index (χ3n) is 5.66. The first kappa shape index (κ1) is 30.0. The second-order valence-corrected chi connectivity index (χ2v) is 11.4. The van der Waals surface area contributed by atoms with Gasteiger partial charge in [-0.15, -0.1) is 0 Å². The molecule has 12 heteroatoms. The van der Waals surface area contributed by atoms with E-state index in [0.29, 0.717) is 27.8 Å². The number of sulfonamides is 1. The summed E-state index contributed by atoms with van der Waals surface area (Å²) in [5, 5.41) is 3.66. The molecule has 2 rings (SSSR count). The Hall–Kier alpha value is -2.20. The molecule has 36 heavy (non-hydrogen) atoms. The van der Waals surface area contributed by atoms with Gasteiger partial charge in [0.15, 0.2) is 0 Å². The van der Waals surface area contributed by atoms with Gasteiger partial charge in [-0.3, -0.25) is 13.9 Å². The minimum absolute atomic E-state index is 0.104. The number of halogens is 3. The van der Waals surface area contributed by atoms with E-state index in [1.54, 1.807) is 25.1 Å². The van der Waals surface area contributed by atoms with Crippen LogP contribution in [0, 0.1) is 0 Å². The summed E-state index contributed by atoms with van der Waals surface area (Å²) in [4.78, 5) is 27.8. The highest BCUT2D eigenvalue weighted by Crippen LogP contribution is 2.31. The summed E-state index contributed by atoms with van der Waals surface area (Å²) in [5.74, 6) is -0.667. The van der Waals surface area contributed by atoms with Crippen LogP contribution in [0.25, 0.3) is 0 Å². The summed E-state index contributed by atoms with van der Waals surface area (Å²) >= 11 is 18.9. The lowest BCUT2D eigenvalue weighted by Crippen LogP contribution is -2.52. The zero-order chi connectivity index (χ0) is 27.2. The molecule has 2 aromatic rings. The Bertz CT molecular complexity index is 1190. The van der Waals surface area contributed by atoms with E-state index in [0.717, 1.165) is 10.6 Å². The first-order valence-corrected chi connectivity index (χ1v) is 14.1. The molecule has 0 aliphatic heterocycles. The Morgan fingerprint density at radius 1 is 1.06 bits per heavy atom. The van der Waals surface area contributed by atoms with Crippen molar-refractivity contribution < 1.29 is 22.7 Å². The van der Waals surface area contributed by atoms with Crippen LogP contribution >= 0.6 is 34.8 Å². The number of carbonyl (C=O) groups excluding carboxylic acids is 2. The monoisotopic (exact) mass is 577 g/mol. The van der Waals surface area contributed by atoms with Gasteiger partial charge in [0.05, 0.1) is 24.1 Å². The van der Waals surface area contributed by atoms with Gasteiger partial charge >= 0.3 is 0 Å². The molecule has 0 saturated heterocycles. The van der Waals surface area contributed by atoms with E-state index in [4.69, 9.17) is 39.5 Å². The van der Waals surface area contributed by atoms with Crippen LogP contribution in [0.4, 0.5) is 5.69 Å². The second kappa shape index (κ2) is 12.9. The summed E-state index contributed by atoms with van der Waals surface area (Å²) in [6.45, 7) is 4.65. The molecular formula is C24H30Cl3N3O5S. The van der Waals surface area contributed by atoms with Gasteiger partial charge in [-0.25, -0.2) is 8.42 Å². The van der Waals surface area contributed by atoms with Crippen LogP contribution in [0.2, 0.25) is 15.1 Å². The maximum absolute atomic E-state index is 13.6. The molecule has 0 bridgehead atoms. The molecule has 0 saturated carbocycles. The van der Waals surface area contributed by atoms with Gasteiger partial charge in [0, 0.05) is 28.2 Å². The number of amides is 2. The van der Waals surface area contributed by atoms with Gasteiger partial charge in [-0.05, 0) is 50.6 Å². The van der Waals surface area contributed by atoms with Crippen molar-refractivity contribution in [1.82, 2.24) is 10.2 Å². The van der Waals surface area contributed by atoms with Crippen molar-refractivity contribution in [1.29, 1.82) is 0 Å². The fourth-order valence-electron chi connectivity index (χ4n) is 3.33. The maximum atomic E-state index is 13.6. The average molecular weight is 579 g/mol. The molecule has 8 nitrogen and oxygen atoms in total. The normalized spacial score (nSPS) is 13.0. The number of benzene rings is 2. The SMILES string of the molecule is CC[C@@H](C)NC(=O)[C@H](C)N(Cc1c(Cl)cccc1Cl)C(=O)CN(c1ccc(OC)c(Cl)c1)S(C)(=O)=O. The van der Waals surface area contributed by atoms with E-state index in [1.165, 1.54) is 30.2 Å². The Kier molecular flexibility index (Phi) is 10.7. The Balaban J connectivity index is 2.47.